The number of nitrogens with one attached hydrogen (secondary N) is 1. The van der Waals surface area contributed by atoms with Gasteiger partial charge in [-0.3, -0.25) is 14.4 Å². The number of hydrogen-bond acceptors (Lipinski definition) is 4. The highest BCUT2D eigenvalue weighted by Crippen LogP contribution is 2.14. The molecule has 1 N–H and O–H groups in total. The first kappa shape index (κ1) is 23.9. The molecule has 2 aliphatic rings. The van der Waals surface area contributed by atoms with Gasteiger partial charge in [-0.2, -0.15) is 5.10 Å². The number of rotatable bonds is 5. The highest BCUT2D eigenvalue weighted by Gasteiger charge is 2.24. The lowest BCUT2D eigenvalue weighted by molar-refractivity contribution is -0.131. The Morgan fingerprint density at radius 3 is 2.28 bits per heavy atom. The summed E-state index contributed by atoms with van der Waals surface area (Å²) in [5, 5.41) is 7.91. The fourth-order valence-corrected chi connectivity index (χ4v) is 4.00. The highest BCUT2D eigenvalue weighted by molar-refractivity contribution is 14.0. The minimum atomic E-state index is 0. The molecule has 1 aromatic rings. The minimum Gasteiger partial charge on any atom is -0.357 e. The van der Waals surface area contributed by atoms with Crippen LogP contribution in [0, 0.1) is 13.8 Å². The van der Waals surface area contributed by atoms with Crippen molar-refractivity contribution in [2.45, 2.75) is 40.2 Å². The van der Waals surface area contributed by atoms with Gasteiger partial charge in [-0.15, -0.1) is 24.0 Å². The first-order valence-electron chi connectivity index (χ1n) is 10.5. The molecule has 0 atom stereocenters. The van der Waals surface area contributed by atoms with Crippen LogP contribution in [0.15, 0.2) is 4.99 Å². The predicted octanol–water partition coefficient (Wildman–Crippen LogP) is 1.36. The molecule has 2 saturated heterocycles. The number of aryl methyl sites for hydroxylation is 2. The molecule has 0 unspecified atom stereocenters. The van der Waals surface area contributed by atoms with E-state index < -0.39 is 0 Å². The van der Waals surface area contributed by atoms with Crippen molar-refractivity contribution in [3.8, 4) is 0 Å². The predicted molar refractivity (Wildman–Crippen MR) is 127 cm³/mol. The van der Waals surface area contributed by atoms with Gasteiger partial charge >= 0.3 is 0 Å². The Labute approximate surface area is 191 Å². The van der Waals surface area contributed by atoms with E-state index in [-0.39, 0.29) is 29.9 Å². The number of hydrogen-bond donors (Lipinski definition) is 1. The molecule has 9 heteroatoms. The van der Waals surface area contributed by atoms with Gasteiger partial charge in [0, 0.05) is 64.1 Å². The third-order valence-electron chi connectivity index (χ3n) is 5.87. The largest absolute Gasteiger partial charge is 0.357 e. The maximum absolute atomic E-state index is 12.4. The highest BCUT2D eigenvalue weighted by atomic mass is 127. The number of carbonyl (C=O) groups excluding carboxylic acids is 1. The molecule has 2 aliphatic heterocycles. The van der Waals surface area contributed by atoms with Crippen molar-refractivity contribution in [3.63, 3.8) is 0 Å². The number of nitrogens with zero attached hydrogens (tertiary/aromatic N) is 6. The van der Waals surface area contributed by atoms with Crippen LogP contribution < -0.4 is 5.32 Å². The van der Waals surface area contributed by atoms with Crippen LogP contribution in [0.25, 0.3) is 0 Å². The molecule has 2 fully saturated rings. The van der Waals surface area contributed by atoms with Crippen molar-refractivity contribution in [2.24, 2.45) is 12.0 Å². The Morgan fingerprint density at radius 2 is 1.72 bits per heavy atom. The van der Waals surface area contributed by atoms with E-state index in [2.05, 4.69) is 34.1 Å². The zero-order valence-corrected chi connectivity index (χ0v) is 20.6. The van der Waals surface area contributed by atoms with Crippen molar-refractivity contribution < 1.29 is 4.79 Å². The van der Waals surface area contributed by atoms with E-state index in [0.717, 1.165) is 70.3 Å². The standard InChI is InChI=1S/C20H35N7O.HI/c1-5-21-20(22-14-18-16(2)23-24(4)17(18)3)27-12-10-25(11-13-27)15-19(28)26-8-6-7-9-26;/h5-15H2,1-4H3,(H,21,22);1H. The number of aromatic nitrogens is 2. The number of halogens is 1. The summed E-state index contributed by atoms with van der Waals surface area (Å²) in [6, 6.07) is 0. The van der Waals surface area contributed by atoms with Gasteiger partial charge < -0.3 is 15.1 Å². The van der Waals surface area contributed by atoms with E-state index >= 15 is 0 Å². The maximum atomic E-state index is 12.4. The summed E-state index contributed by atoms with van der Waals surface area (Å²) >= 11 is 0. The number of guanidine groups is 1. The summed E-state index contributed by atoms with van der Waals surface area (Å²) in [6.07, 6.45) is 2.30. The lowest BCUT2D eigenvalue weighted by Gasteiger charge is -2.36. The molecule has 29 heavy (non-hydrogen) atoms. The van der Waals surface area contributed by atoms with E-state index in [1.54, 1.807) is 0 Å². The molecule has 0 aliphatic carbocycles. The molecule has 164 valence electrons. The van der Waals surface area contributed by atoms with Crippen molar-refractivity contribution in [1.82, 2.24) is 29.8 Å². The zero-order chi connectivity index (χ0) is 20.1. The number of carbonyl (C=O) groups is 1. The second-order valence-corrected chi connectivity index (χ2v) is 7.79. The quantitative estimate of drug-likeness (QED) is 0.363. The van der Waals surface area contributed by atoms with Crippen LogP contribution in [0.1, 0.15) is 36.7 Å². The van der Waals surface area contributed by atoms with E-state index in [4.69, 9.17) is 4.99 Å². The van der Waals surface area contributed by atoms with Crippen LogP contribution in [-0.2, 0) is 18.4 Å². The van der Waals surface area contributed by atoms with Gasteiger partial charge in [0.25, 0.3) is 0 Å². The summed E-state index contributed by atoms with van der Waals surface area (Å²) in [5.74, 6) is 1.24. The van der Waals surface area contributed by atoms with Gasteiger partial charge in [0.1, 0.15) is 0 Å². The summed E-state index contributed by atoms with van der Waals surface area (Å²) in [7, 11) is 1.98. The molecular formula is C20H36IN7O. The number of likely N-dealkylation sites (tertiary alicyclic amines) is 1. The van der Waals surface area contributed by atoms with E-state index in [0.29, 0.717) is 13.1 Å². The average Bonchev–Trinajstić information content (AvgIpc) is 3.30. The van der Waals surface area contributed by atoms with E-state index in [1.807, 2.05) is 23.6 Å². The zero-order valence-electron chi connectivity index (χ0n) is 18.3. The van der Waals surface area contributed by atoms with Crippen LogP contribution in [0.4, 0.5) is 0 Å². The second kappa shape index (κ2) is 11.1. The Kier molecular flexibility index (Phi) is 9.19. The van der Waals surface area contributed by atoms with Crippen molar-refractivity contribution >= 4 is 35.8 Å². The SMILES string of the molecule is CCNC(=NCc1c(C)nn(C)c1C)N1CCN(CC(=O)N2CCCC2)CC1.I. The molecule has 3 heterocycles. The molecule has 0 spiro atoms. The Morgan fingerprint density at radius 1 is 1.07 bits per heavy atom. The minimum absolute atomic E-state index is 0. The van der Waals surface area contributed by atoms with Crippen molar-refractivity contribution in [3.05, 3.63) is 17.0 Å². The third-order valence-corrected chi connectivity index (χ3v) is 5.87. The van der Waals surface area contributed by atoms with Gasteiger partial charge in [-0.05, 0) is 33.6 Å². The monoisotopic (exact) mass is 517 g/mol. The molecule has 3 rings (SSSR count). The van der Waals surface area contributed by atoms with Crippen LogP contribution in [0.5, 0.6) is 0 Å². The topological polar surface area (TPSA) is 69.0 Å². The van der Waals surface area contributed by atoms with Gasteiger partial charge in [0.2, 0.25) is 5.91 Å². The van der Waals surface area contributed by atoms with Crippen LogP contribution in [0.3, 0.4) is 0 Å². The number of amides is 1. The molecule has 0 bridgehead atoms. The van der Waals surface area contributed by atoms with Gasteiger partial charge in [-0.1, -0.05) is 0 Å². The molecule has 0 radical (unpaired) electrons. The molecular weight excluding hydrogens is 481 g/mol. The second-order valence-electron chi connectivity index (χ2n) is 7.79. The maximum Gasteiger partial charge on any atom is 0.236 e. The molecule has 1 aromatic heterocycles. The smallest absolute Gasteiger partial charge is 0.236 e. The number of piperazine rings is 1. The van der Waals surface area contributed by atoms with Gasteiger partial charge in [0.15, 0.2) is 5.96 Å². The van der Waals surface area contributed by atoms with Crippen LogP contribution in [-0.4, -0.2) is 88.7 Å². The molecule has 1 amide bonds. The third kappa shape index (κ3) is 6.07. The molecule has 0 saturated carbocycles. The first-order chi connectivity index (χ1) is 13.5. The van der Waals surface area contributed by atoms with Crippen molar-refractivity contribution in [2.75, 3.05) is 52.4 Å². The van der Waals surface area contributed by atoms with Gasteiger partial charge in [0.05, 0.1) is 18.8 Å². The van der Waals surface area contributed by atoms with Gasteiger partial charge in [-0.25, -0.2) is 4.99 Å². The van der Waals surface area contributed by atoms with Crippen LogP contribution >= 0.6 is 24.0 Å². The van der Waals surface area contributed by atoms with Crippen LogP contribution in [0.2, 0.25) is 0 Å². The Balaban J connectivity index is 0.00000300. The lowest BCUT2D eigenvalue weighted by Crippen LogP contribution is -2.54. The molecule has 0 aromatic carbocycles. The van der Waals surface area contributed by atoms with E-state index in [1.165, 1.54) is 11.3 Å². The molecule has 8 nitrogen and oxygen atoms in total. The fraction of sp³-hybridized carbons (Fsp3) is 0.750. The normalized spacial score (nSPS) is 18.1. The lowest BCUT2D eigenvalue weighted by atomic mass is 10.2. The summed E-state index contributed by atoms with van der Waals surface area (Å²) in [6.45, 7) is 13.7. The van der Waals surface area contributed by atoms with E-state index in [9.17, 15) is 4.79 Å². The Hall–Kier alpha value is -1.36. The Bertz CT molecular complexity index is 704. The first-order valence-corrected chi connectivity index (χ1v) is 10.5. The average molecular weight is 517 g/mol. The van der Waals surface area contributed by atoms with Crippen molar-refractivity contribution in [1.29, 1.82) is 0 Å². The summed E-state index contributed by atoms with van der Waals surface area (Å²) < 4.78 is 1.92. The summed E-state index contributed by atoms with van der Waals surface area (Å²) in [5.41, 5.74) is 3.42. The summed E-state index contributed by atoms with van der Waals surface area (Å²) in [4.78, 5) is 23.9. The fourth-order valence-electron chi connectivity index (χ4n) is 4.00. The number of aliphatic imine (C=N–C) groups is 1.